The number of nitro groups is 1. The van der Waals surface area contributed by atoms with Gasteiger partial charge in [-0.25, -0.2) is 4.98 Å². The van der Waals surface area contributed by atoms with Crippen LogP contribution >= 0.6 is 0 Å². The SMILES string of the molecule is CNc1cc([N+](=O)[O-])cc(NC2CCOC(C)(C)C2)n1. The fraction of sp³-hybridized carbons (Fsp3) is 0.615. The van der Waals surface area contributed by atoms with E-state index >= 15 is 0 Å². The van der Waals surface area contributed by atoms with Crippen molar-refractivity contribution in [3.63, 3.8) is 0 Å². The summed E-state index contributed by atoms with van der Waals surface area (Å²) in [5.74, 6) is 0.999. The van der Waals surface area contributed by atoms with Crippen molar-refractivity contribution >= 4 is 17.3 Å². The zero-order valence-corrected chi connectivity index (χ0v) is 12.0. The molecule has 20 heavy (non-hydrogen) atoms. The van der Waals surface area contributed by atoms with E-state index in [4.69, 9.17) is 4.74 Å². The highest BCUT2D eigenvalue weighted by Crippen LogP contribution is 2.27. The van der Waals surface area contributed by atoms with Crippen molar-refractivity contribution < 1.29 is 9.66 Å². The molecule has 1 saturated heterocycles. The van der Waals surface area contributed by atoms with Gasteiger partial charge in [-0.1, -0.05) is 0 Å². The lowest BCUT2D eigenvalue weighted by Crippen LogP contribution is -2.40. The molecule has 0 aliphatic carbocycles. The number of ether oxygens (including phenoxy) is 1. The number of hydrogen-bond acceptors (Lipinski definition) is 6. The van der Waals surface area contributed by atoms with Crippen LogP contribution in [0.25, 0.3) is 0 Å². The first kappa shape index (κ1) is 14.5. The van der Waals surface area contributed by atoms with Crippen molar-refractivity contribution in [2.45, 2.75) is 38.3 Å². The topological polar surface area (TPSA) is 89.3 Å². The van der Waals surface area contributed by atoms with Crippen molar-refractivity contribution in [1.29, 1.82) is 0 Å². The van der Waals surface area contributed by atoms with Crippen molar-refractivity contribution in [3.05, 3.63) is 22.2 Å². The Labute approximate surface area is 117 Å². The van der Waals surface area contributed by atoms with E-state index in [9.17, 15) is 10.1 Å². The van der Waals surface area contributed by atoms with Crippen LogP contribution in [0.15, 0.2) is 12.1 Å². The molecule has 0 saturated carbocycles. The van der Waals surface area contributed by atoms with Gasteiger partial charge in [0.2, 0.25) is 0 Å². The van der Waals surface area contributed by atoms with Gasteiger partial charge in [-0.05, 0) is 26.7 Å². The lowest BCUT2D eigenvalue weighted by atomic mass is 9.94. The van der Waals surface area contributed by atoms with Gasteiger partial charge in [0.1, 0.15) is 11.6 Å². The first-order valence-electron chi connectivity index (χ1n) is 6.64. The molecule has 0 radical (unpaired) electrons. The lowest BCUT2D eigenvalue weighted by molar-refractivity contribution is -0.384. The van der Waals surface area contributed by atoms with Crippen LogP contribution in [0.3, 0.4) is 0 Å². The Hall–Kier alpha value is -1.89. The van der Waals surface area contributed by atoms with Crippen LogP contribution < -0.4 is 10.6 Å². The first-order chi connectivity index (χ1) is 9.39. The van der Waals surface area contributed by atoms with Crippen LogP contribution in [-0.4, -0.2) is 35.2 Å². The highest BCUT2D eigenvalue weighted by molar-refractivity contribution is 5.54. The molecule has 1 unspecified atom stereocenters. The Morgan fingerprint density at radius 1 is 1.45 bits per heavy atom. The summed E-state index contributed by atoms with van der Waals surface area (Å²) in [6.07, 6.45) is 1.70. The standard InChI is InChI=1S/C13H20N4O3/c1-13(2)8-9(4-5-20-13)15-12-7-10(17(18)19)6-11(14-3)16-12/h6-7,9H,4-5,8H2,1-3H3,(H2,14,15,16). The second-order valence-corrected chi connectivity index (χ2v) is 5.55. The summed E-state index contributed by atoms with van der Waals surface area (Å²) in [5, 5.41) is 17.0. The average molecular weight is 280 g/mol. The summed E-state index contributed by atoms with van der Waals surface area (Å²) in [6.45, 7) is 4.76. The summed E-state index contributed by atoms with van der Waals surface area (Å²) in [4.78, 5) is 14.8. The maximum Gasteiger partial charge on any atom is 0.276 e. The minimum absolute atomic E-state index is 0.0261. The van der Waals surface area contributed by atoms with Crippen molar-refractivity contribution in [2.24, 2.45) is 0 Å². The van der Waals surface area contributed by atoms with Crippen LogP contribution in [0, 0.1) is 10.1 Å². The number of aromatic nitrogens is 1. The van der Waals surface area contributed by atoms with Gasteiger partial charge in [0, 0.05) is 19.7 Å². The van der Waals surface area contributed by atoms with Crippen LogP contribution in [0.4, 0.5) is 17.3 Å². The van der Waals surface area contributed by atoms with E-state index in [1.165, 1.54) is 12.1 Å². The number of anilines is 2. The van der Waals surface area contributed by atoms with E-state index in [-0.39, 0.29) is 17.3 Å². The predicted octanol–water partition coefficient (Wildman–Crippen LogP) is 2.40. The van der Waals surface area contributed by atoms with Gasteiger partial charge >= 0.3 is 0 Å². The molecule has 1 aliphatic rings. The van der Waals surface area contributed by atoms with E-state index in [0.717, 1.165) is 12.8 Å². The number of rotatable bonds is 4. The molecular formula is C13H20N4O3. The third-order valence-electron chi connectivity index (χ3n) is 3.33. The molecule has 0 bridgehead atoms. The summed E-state index contributed by atoms with van der Waals surface area (Å²) in [6, 6.07) is 3.08. The summed E-state index contributed by atoms with van der Waals surface area (Å²) in [5.41, 5.74) is -0.152. The number of hydrogen-bond donors (Lipinski definition) is 2. The summed E-state index contributed by atoms with van der Waals surface area (Å²) in [7, 11) is 1.69. The first-order valence-corrected chi connectivity index (χ1v) is 6.64. The van der Waals surface area contributed by atoms with Gasteiger partial charge in [-0.3, -0.25) is 10.1 Å². The van der Waals surface area contributed by atoms with Crippen molar-refractivity contribution in [2.75, 3.05) is 24.3 Å². The number of nitrogens with zero attached hydrogens (tertiary/aromatic N) is 2. The Kier molecular flexibility index (Phi) is 4.08. The van der Waals surface area contributed by atoms with Crippen molar-refractivity contribution in [3.8, 4) is 0 Å². The molecule has 7 heteroatoms. The predicted molar refractivity (Wildman–Crippen MR) is 77.1 cm³/mol. The largest absolute Gasteiger partial charge is 0.375 e. The number of pyridine rings is 1. The van der Waals surface area contributed by atoms with Crippen LogP contribution in [0.1, 0.15) is 26.7 Å². The molecule has 1 fully saturated rings. The average Bonchev–Trinajstić information content (AvgIpc) is 2.37. The third-order valence-corrected chi connectivity index (χ3v) is 3.33. The molecular weight excluding hydrogens is 260 g/mol. The van der Waals surface area contributed by atoms with E-state index in [0.29, 0.717) is 18.2 Å². The third kappa shape index (κ3) is 3.57. The second-order valence-electron chi connectivity index (χ2n) is 5.55. The highest BCUT2D eigenvalue weighted by Gasteiger charge is 2.29. The Balaban J connectivity index is 2.16. The normalized spacial score (nSPS) is 21.2. The molecule has 1 aromatic rings. The highest BCUT2D eigenvalue weighted by atomic mass is 16.6. The fourth-order valence-electron chi connectivity index (χ4n) is 2.39. The molecule has 0 amide bonds. The molecule has 2 heterocycles. The summed E-state index contributed by atoms with van der Waals surface area (Å²) < 4.78 is 5.66. The van der Waals surface area contributed by atoms with E-state index in [1.54, 1.807) is 7.05 Å². The number of nitrogens with one attached hydrogen (secondary N) is 2. The molecule has 1 atom stereocenters. The van der Waals surface area contributed by atoms with Crippen LogP contribution in [0.2, 0.25) is 0 Å². The smallest absolute Gasteiger partial charge is 0.276 e. The van der Waals surface area contributed by atoms with Gasteiger partial charge in [-0.15, -0.1) is 0 Å². The van der Waals surface area contributed by atoms with Gasteiger partial charge in [0.15, 0.2) is 0 Å². The zero-order chi connectivity index (χ0) is 14.8. The molecule has 0 aromatic carbocycles. The minimum atomic E-state index is -0.415. The molecule has 110 valence electrons. The van der Waals surface area contributed by atoms with Gasteiger partial charge in [-0.2, -0.15) is 0 Å². The Bertz CT molecular complexity index is 504. The summed E-state index contributed by atoms with van der Waals surface area (Å²) >= 11 is 0. The molecule has 1 aromatic heterocycles. The fourth-order valence-corrected chi connectivity index (χ4v) is 2.39. The lowest BCUT2D eigenvalue weighted by Gasteiger charge is -2.36. The van der Waals surface area contributed by atoms with E-state index < -0.39 is 4.92 Å². The maximum absolute atomic E-state index is 10.9. The maximum atomic E-state index is 10.9. The minimum Gasteiger partial charge on any atom is -0.375 e. The molecule has 7 nitrogen and oxygen atoms in total. The van der Waals surface area contributed by atoms with E-state index in [2.05, 4.69) is 15.6 Å². The van der Waals surface area contributed by atoms with Crippen LogP contribution in [0.5, 0.6) is 0 Å². The monoisotopic (exact) mass is 280 g/mol. The molecule has 0 spiro atoms. The Morgan fingerprint density at radius 3 is 2.75 bits per heavy atom. The second kappa shape index (κ2) is 5.62. The van der Waals surface area contributed by atoms with Gasteiger partial charge in [0.05, 0.1) is 22.7 Å². The molecule has 2 N–H and O–H groups in total. The van der Waals surface area contributed by atoms with E-state index in [1.807, 2.05) is 13.8 Å². The zero-order valence-electron chi connectivity index (χ0n) is 12.0. The Morgan fingerprint density at radius 2 is 2.15 bits per heavy atom. The van der Waals surface area contributed by atoms with Crippen LogP contribution in [-0.2, 0) is 4.74 Å². The van der Waals surface area contributed by atoms with Gasteiger partial charge < -0.3 is 15.4 Å². The van der Waals surface area contributed by atoms with Crippen molar-refractivity contribution in [1.82, 2.24) is 4.98 Å². The molecule has 1 aliphatic heterocycles. The van der Waals surface area contributed by atoms with Gasteiger partial charge in [0.25, 0.3) is 5.69 Å². The quantitative estimate of drug-likeness (QED) is 0.650. The molecule has 2 rings (SSSR count).